The number of aromatic nitrogens is 2. The van der Waals surface area contributed by atoms with Crippen LogP contribution in [-0.2, 0) is 6.61 Å². The number of pyridine rings is 1. The third-order valence-corrected chi connectivity index (χ3v) is 5.09. The van der Waals surface area contributed by atoms with E-state index in [0.29, 0.717) is 23.6 Å². The summed E-state index contributed by atoms with van der Waals surface area (Å²) in [6, 6.07) is 19.5. The van der Waals surface area contributed by atoms with E-state index in [2.05, 4.69) is 15.9 Å². The first-order valence-electron chi connectivity index (χ1n) is 8.25. The van der Waals surface area contributed by atoms with Gasteiger partial charge in [0.1, 0.15) is 23.6 Å². The molecule has 2 aromatic heterocycles. The van der Waals surface area contributed by atoms with Crippen molar-refractivity contribution < 1.29 is 9.53 Å². The number of carbonyl (C=O) groups excluding carboxylic acids is 1. The molecule has 0 bridgehead atoms. The number of benzene rings is 2. The predicted molar refractivity (Wildman–Crippen MR) is 103 cm³/mol. The summed E-state index contributed by atoms with van der Waals surface area (Å²) in [7, 11) is 0. The van der Waals surface area contributed by atoms with Gasteiger partial charge in [-0.05, 0) is 42.0 Å². The van der Waals surface area contributed by atoms with Crippen molar-refractivity contribution >= 4 is 32.7 Å². The predicted octanol–water partition coefficient (Wildman–Crippen LogP) is 5.05. The van der Waals surface area contributed by atoms with Crippen molar-refractivity contribution in [3.8, 4) is 17.1 Å². The standard InChI is InChI=1S/C21H13BrN2O2/c22-14-9-7-13(8-10-14)12-26-20-15-4-1-2-5-16(15)23-19-17-6-3-11-24(17)21(25)18(19)20/h1-11H,12H2. The van der Waals surface area contributed by atoms with Crippen molar-refractivity contribution in [2.45, 2.75) is 6.61 Å². The first-order valence-corrected chi connectivity index (χ1v) is 9.04. The van der Waals surface area contributed by atoms with Crippen molar-refractivity contribution in [2.24, 2.45) is 0 Å². The number of rotatable bonds is 3. The van der Waals surface area contributed by atoms with E-state index in [1.807, 2.05) is 60.7 Å². The normalized spacial score (nSPS) is 12.3. The van der Waals surface area contributed by atoms with Gasteiger partial charge in [-0.1, -0.05) is 40.2 Å². The number of hydrogen-bond acceptors (Lipinski definition) is 3. The molecule has 2 aromatic carbocycles. The van der Waals surface area contributed by atoms with Crippen LogP contribution in [0.4, 0.5) is 0 Å². The Labute approximate surface area is 158 Å². The van der Waals surface area contributed by atoms with Crippen LogP contribution in [0.5, 0.6) is 5.75 Å². The highest BCUT2D eigenvalue weighted by atomic mass is 79.9. The van der Waals surface area contributed by atoms with E-state index < -0.39 is 0 Å². The molecule has 26 heavy (non-hydrogen) atoms. The number of hydrogen-bond donors (Lipinski definition) is 0. The molecule has 0 aliphatic carbocycles. The van der Waals surface area contributed by atoms with Gasteiger partial charge in [0, 0.05) is 16.1 Å². The Morgan fingerprint density at radius 1 is 1.00 bits per heavy atom. The summed E-state index contributed by atoms with van der Waals surface area (Å²) in [6.45, 7) is 0.385. The van der Waals surface area contributed by atoms with E-state index >= 15 is 0 Å². The fraction of sp³-hybridized carbons (Fsp3) is 0.0476. The van der Waals surface area contributed by atoms with Gasteiger partial charge in [0.2, 0.25) is 0 Å². The van der Waals surface area contributed by atoms with Gasteiger partial charge in [-0.2, -0.15) is 0 Å². The summed E-state index contributed by atoms with van der Waals surface area (Å²) in [5, 5.41) is 0.850. The number of nitrogens with zero attached hydrogens (tertiary/aromatic N) is 2. The van der Waals surface area contributed by atoms with Crippen LogP contribution in [0.15, 0.2) is 71.3 Å². The first kappa shape index (κ1) is 15.3. The van der Waals surface area contributed by atoms with Crippen LogP contribution in [0.25, 0.3) is 22.3 Å². The van der Waals surface area contributed by atoms with E-state index in [0.717, 1.165) is 26.6 Å². The van der Waals surface area contributed by atoms with E-state index in [1.165, 1.54) is 0 Å². The maximum absolute atomic E-state index is 12.9. The fourth-order valence-electron chi connectivity index (χ4n) is 3.32. The number of para-hydroxylation sites is 1. The van der Waals surface area contributed by atoms with Crippen LogP contribution < -0.4 is 4.74 Å². The van der Waals surface area contributed by atoms with Gasteiger partial charge >= 0.3 is 0 Å². The lowest BCUT2D eigenvalue weighted by Crippen LogP contribution is -2.08. The Morgan fingerprint density at radius 2 is 1.81 bits per heavy atom. The second kappa shape index (κ2) is 5.81. The zero-order chi connectivity index (χ0) is 17.7. The summed E-state index contributed by atoms with van der Waals surface area (Å²) in [4.78, 5) is 17.6. The molecule has 0 amide bonds. The molecule has 5 heteroatoms. The second-order valence-corrected chi connectivity index (χ2v) is 7.08. The zero-order valence-electron chi connectivity index (χ0n) is 13.6. The molecular formula is C21H13BrN2O2. The van der Waals surface area contributed by atoms with Gasteiger partial charge < -0.3 is 4.74 Å². The lowest BCUT2D eigenvalue weighted by Gasteiger charge is -2.13. The molecule has 1 aliphatic heterocycles. The highest BCUT2D eigenvalue weighted by Crippen LogP contribution is 2.40. The van der Waals surface area contributed by atoms with Crippen LogP contribution in [0, 0.1) is 0 Å². The summed E-state index contributed by atoms with van der Waals surface area (Å²) in [6.07, 6.45) is 1.77. The highest BCUT2D eigenvalue weighted by Gasteiger charge is 2.32. The molecular weight excluding hydrogens is 392 g/mol. The zero-order valence-corrected chi connectivity index (χ0v) is 15.2. The number of ether oxygens (including phenoxy) is 1. The molecule has 0 unspecified atom stereocenters. The molecule has 0 saturated carbocycles. The van der Waals surface area contributed by atoms with Crippen molar-refractivity contribution in [1.82, 2.24) is 9.55 Å². The molecule has 4 nitrogen and oxygen atoms in total. The van der Waals surface area contributed by atoms with Crippen molar-refractivity contribution in [3.05, 3.63) is 82.5 Å². The van der Waals surface area contributed by atoms with E-state index in [4.69, 9.17) is 9.72 Å². The largest absolute Gasteiger partial charge is 0.487 e. The van der Waals surface area contributed by atoms with Gasteiger partial charge in [-0.15, -0.1) is 0 Å². The van der Waals surface area contributed by atoms with E-state index in [9.17, 15) is 4.79 Å². The Hall–Kier alpha value is -2.92. The van der Waals surface area contributed by atoms with Gasteiger partial charge in [0.15, 0.2) is 0 Å². The Kier molecular flexibility index (Phi) is 3.43. The molecule has 0 radical (unpaired) electrons. The minimum Gasteiger partial charge on any atom is -0.487 e. The molecule has 3 heterocycles. The average molecular weight is 405 g/mol. The molecule has 0 spiro atoms. The van der Waals surface area contributed by atoms with Crippen molar-refractivity contribution in [2.75, 3.05) is 0 Å². The van der Waals surface area contributed by atoms with Crippen LogP contribution in [-0.4, -0.2) is 15.5 Å². The van der Waals surface area contributed by atoms with Crippen molar-refractivity contribution in [3.63, 3.8) is 0 Å². The first-order chi connectivity index (χ1) is 12.7. The fourth-order valence-corrected chi connectivity index (χ4v) is 3.59. The topological polar surface area (TPSA) is 44.1 Å². The molecule has 5 rings (SSSR count). The van der Waals surface area contributed by atoms with Crippen LogP contribution in [0.1, 0.15) is 15.9 Å². The monoisotopic (exact) mass is 404 g/mol. The Balaban J connectivity index is 1.66. The Bertz CT molecular complexity index is 1160. The SMILES string of the molecule is O=C1c2c(nc3ccccc3c2OCc2ccc(Br)cc2)-c2cccn21. The number of halogens is 1. The van der Waals surface area contributed by atoms with Gasteiger partial charge in [0.25, 0.3) is 5.91 Å². The van der Waals surface area contributed by atoms with Gasteiger partial charge in [-0.3, -0.25) is 9.36 Å². The van der Waals surface area contributed by atoms with Crippen LogP contribution >= 0.6 is 15.9 Å². The third-order valence-electron chi connectivity index (χ3n) is 4.57. The van der Waals surface area contributed by atoms with E-state index in [-0.39, 0.29) is 5.91 Å². The quantitative estimate of drug-likeness (QED) is 0.422. The Morgan fingerprint density at radius 3 is 2.65 bits per heavy atom. The molecule has 126 valence electrons. The molecule has 0 atom stereocenters. The summed E-state index contributed by atoms with van der Waals surface area (Å²) >= 11 is 3.44. The smallest absolute Gasteiger partial charge is 0.268 e. The highest BCUT2D eigenvalue weighted by molar-refractivity contribution is 9.10. The second-order valence-electron chi connectivity index (χ2n) is 6.17. The lowest BCUT2D eigenvalue weighted by molar-refractivity contribution is 0.0965. The lowest BCUT2D eigenvalue weighted by atomic mass is 10.1. The summed E-state index contributed by atoms with van der Waals surface area (Å²) in [5.74, 6) is 0.506. The van der Waals surface area contributed by atoms with Gasteiger partial charge in [-0.25, -0.2) is 4.98 Å². The molecule has 0 fully saturated rings. The molecule has 0 N–H and O–H groups in total. The summed E-state index contributed by atoms with van der Waals surface area (Å²) < 4.78 is 8.82. The van der Waals surface area contributed by atoms with Gasteiger partial charge in [0.05, 0.1) is 11.2 Å². The average Bonchev–Trinajstić information content (AvgIpc) is 3.24. The van der Waals surface area contributed by atoms with Crippen LogP contribution in [0.2, 0.25) is 0 Å². The van der Waals surface area contributed by atoms with Crippen molar-refractivity contribution in [1.29, 1.82) is 0 Å². The maximum Gasteiger partial charge on any atom is 0.268 e. The molecule has 4 aromatic rings. The molecule has 1 aliphatic rings. The third kappa shape index (κ3) is 2.28. The summed E-state index contributed by atoms with van der Waals surface area (Å²) in [5.41, 5.74) is 3.89. The number of carbonyl (C=O) groups is 1. The minimum absolute atomic E-state index is 0.0935. The minimum atomic E-state index is -0.0935. The molecule has 0 saturated heterocycles. The maximum atomic E-state index is 12.9. The number of fused-ring (bicyclic) bond motifs is 4. The van der Waals surface area contributed by atoms with Crippen LogP contribution in [0.3, 0.4) is 0 Å². The van der Waals surface area contributed by atoms with E-state index in [1.54, 1.807) is 10.8 Å².